The molecule has 0 atom stereocenters. The second-order valence-corrected chi connectivity index (χ2v) is 5.22. The Morgan fingerprint density at radius 3 is 1.95 bits per heavy atom. The standard InChI is InChI=1S/C18H23NO3/c1-13-7-14(5-6-18(13)22-4)11-19-12-15-8-16(20-2)10-17(9-15)21-3/h5-10,19H,11-12H2,1-4H3/p+1. The summed E-state index contributed by atoms with van der Waals surface area (Å²) in [5.74, 6) is 2.58. The molecule has 2 aromatic carbocycles. The van der Waals surface area contributed by atoms with Crippen LogP contribution >= 0.6 is 0 Å². The molecule has 0 spiro atoms. The molecule has 0 heterocycles. The monoisotopic (exact) mass is 302 g/mol. The fraction of sp³-hybridized carbons (Fsp3) is 0.333. The minimum Gasteiger partial charge on any atom is -0.497 e. The van der Waals surface area contributed by atoms with Crippen molar-refractivity contribution in [1.82, 2.24) is 0 Å². The van der Waals surface area contributed by atoms with E-state index in [-0.39, 0.29) is 0 Å². The summed E-state index contributed by atoms with van der Waals surface area (Å²) in [4.78, 5) is 0. The van der Waals surface area contributed by atoms with Crippen LogP contribution in [0.3, 0.4) is 0 Å². The van der Waals surface area contributed by atoms with Crippen molar-refractivity contribution < 1.29 is 19.5 Å². The van der Waals surface area contributed by atoms with Crippen molar-refractivity contribution in [3.8, 4) is 17.2 Å². The van der Waals surface area contributed by atoms with Crippen molar-refractivity contribution in [1.29, 1.82) is 0 Å². The van der Waals surface area contributed by atoms with Gasteiger partial charge in [-0.2, -0.15) is 0 Å². The smallest absolute Gasteiger partial charge is 0.123 e. The zero-order valence-corrected chi connectivity index (χ0v) is 13.7. The van der Waals surface area contributed by atoms with E-state index in [4.69, 9.17) is 14.2 Å². The first kappa shape index (κ1) is 16.2. The molecule has 0 saturated heterocycles. The Labute approximate surface area is 132 Å². The molecule has 0 aromatic heterocycles. The van der Waals surface area contributed by atoms with Gasteiger partial charge in [-0.15, -0.1) is 0 Å². The molecular formula is C18H24NO3+. The zero-order valence-electron chi connectivity index (χ0n) is 13.7. The molecule has 4 nitrogen and oxygen atoms in total. The number of nitrogens with two attached hydrogens (primary N) is 1. The van der Waals surface area contributed by atoms with Gasteiger partial charge < -0.3 is 19.5 Å². The highest BCUT2D eigenvalue weighted by atomic mass is 16.5. The third-order valence-corrected chi connectivity index (χ3v) is 3.63. The molecule has 0 bridgehead atoms. The Kier molecular flexibility index (Phi) is 5.67. The van der Waals surface area contributed by atoms with Crippen molar-refractivity contribution in [2.75, 3.05) is 21.3 Å². The molecule has 2 aromatic rings. The van der Waals surface area contributed by atoms with Gasteiger partial charge in [-0.05, 0) is 42.8 Å². The maximum Gasteiger partial charge on any atom is 0.123 e. The minimum absolute atomic E-state index is 0.822. The van der Waals surface area contributed by atoms with Crippen LogP contribution in [0.1, 0.15) is 16.7 Å². The van der Waals surface area contributed by atoms with Gasteiger partial charge in [-0.3, -0.25) is 0 Å². The summed E-state index contributed by atoms with van der Waals surface area (Å²) in [5, 5.41) is 2.26. The number of methoxy groups -OCH3 is 3. The van der Waals surface area contributed by atoms with Gasteiger partial charge in [0, 0.05) is 17.2 Å². The van der Waals surface area contributed by atoms with Crippen LogP contribution in [0.5, 0.6) is 17.2 Å². The summed E-state index contributed by atoms with van der Waals surface area (Å²) in [6.07, 6.45) is 0. The molecule has 4 heteroatoms. The highest BCUT2D eigenvalue weighted by molar-refractivity contribution is 5.38. The SMILES string of the molecule is COc1cc(C[NH2+]Cc2ccc(OC)c(C)c2)cc(OC)c1. The summed E-state index contributed by atoms with van der Waals surface area (Å²) < 4.78 is 15.9. The second kappa shape index (κ2) is 7.71. The van der Waals surface area contributed by atoms with Crippen LogP contribution in [0.2, 0.25) is 0 Å². The number of aryl methyl sites for hydroxylation is 1. The van der Waals surface area contributed by atoms with E-state index >= 15 is 0 Å². The van der Waals surface area contributed by atoms with Crippen molar-refractivity contribution in [2.45, 2.75) is 20.0 Å². The van der Waals surface area contributed by atoms with E-state index in [9.17, 15) is 0 Å². The lowest BCUT2D eigenvalue weighted by atomic mass is 10.1. The van der Waals surface area contributed by atoms with Gasteiger partial charge >= 0.3 is 0 Å². The molecule has 0 amide bonds. The van der Waals surface area contributed by atoms with Gasteiger partial charge in [-0.25, -0.2) is 0 Å². The van der Waals surface area contributed by atoms with Crippen molar-refractivity contribution in [3.05, 3.63) is 53.1 Å². The Morgan fingerprint density at radius 2 is 1.41 bits per heavy atom. The summed E-state index contributed by atoms with van der Waals surface area (Å²) in [6.45, 7) is 3.86. The van der Waals surface area contributed by atoms with E-state index in [0.717, 1.165) is 35.9 Å². The van der Waals surface area contributed by atoms with Crippen LogP contribution in [-0.4, -0.2) is 21.3 Å². The van der Waals surface area contributed by atoms with Crippen molar-refractivity contribution >= 4 is 0 Å². The van der Waals surface area contributed by atoms with E-state index < -0.39 is 0 Å². The first-order chi connectivity index (χ1) is 10.7. The normalized spacial score (nSPS) is 10.4. The van der Waals surface area contributed by atoms with Crippen molar-refractivity contribution in [2.24, 2.45) is 0 Å². The van der Waals surface area contributed by atoms with Crippen molar-refractivity contribution in [3.63, 3.8) is 0 Å². The molecule has 0 radical (unpaired) electrons. The minimum atomic E-state index is 0.822. The highest BCUT2D eigenvalue weighted by Crippen LogP contribution is 2.22. The Morgan fingerprint density at radius 1 is 0.773 bits per heavy atom. The van der Waals surface area contributed by atoms with Gasteiger partial charge in [0.05, 0.1) is 21.3 Å². The van der Waals surface area contributed by atoms with E-state index in [1.54, 1.807) is 21.3 Å². The average Bonchev–Trinajstić information content (AvgIpc) is 2.54. The number of hydrogen-bond donors (Lipinski definition) is 1. The lowest BCUT2D eigenvalue weighted by Crippen LogP contribution is -2.80. The van der Waals surface area contributed by atoms with Gasteiger partial charge in [0.25, 0.3) is 0 Å². The number of rotatable bonds is 7. The summed E-state index contributed by atoms with van der Waals surface area (Å²) in [7, 11) is 5.04. The molecule has 2 N–H and O–H groups in total. The third-order valence-electron chi connectivity index (χ3n) is 3.63. The van der Waals surface area contributed by atoms with Crippen LogP contribution in [0.25, 0.3) is 0 Å². The number of benzene rings is 2. The molecular weight excluding hydrogens is 278 g/mol. The summed E-state index contributed by atoms with van der Waals surface area (Å²) in [6, 6.07) is 12.3. The highest BCUT2D eigenvalue weighted by Gasteiger charge is 2.05. The molecule has 0 saturated carbocycles. The quantitative estimate of drug-likeness (QED) is 0.853. The topological polar surface area (TPSA) is 44.3 Å². The molecule has 0 fully saturated rings. The van der Waals surface area contributed by atoms with Crippen LogP contribution in [0.4, 0.5) is 0 Å². The lowest BCUT2D eigenvalue weighted by molar-refractivity contribution is -0.686. The first-order valence-electron chi connectivity index (χ1n) is 7.33. The molecule has 0 aliphatic carbocycles. The molecule has 118 valence electrons. The van der Waals surface area contributed by atoms with E-state index in [2.05, 4.69) is 24.4 Å². The van der Waals surface area contributed by atoms with E-state index in [1.807, 2.05) is 24.3 Å². The Bertz CT molecular complexity index is 603. The molecule has 0 aliphatic heterocycles. The van der Waals surface area contributed by atoms with Crippen LogP contribution in [0.15, 0.2) is 36.4 Å². The maximum atomic E-state index is 5.30. The fourth-order valence-corrected chi connectivity index (χ4v) is 2.46. The Balaban J connectivity index is 1.97. The van der Waals surface area contributed by atoms with Gasteiger partial charge in [0.1, 0.15) is 30.3 Å². The lowest BCUT2D eigenvalue weighted by Gasteiger charge is -2.09. The van der Waals surface area contributed by atoms with Crippen LogP contribution in [-0.2, 0) is 13.1 Å². The molecule has 22 heavy (non-hydrogen) atoms. The summed E-state index contributed by atoms with van der Waals surface area (Å²) in [5.41, 5.74) is 3.63. The van der Waals surface area contributed by atoms with E-state index in [1.165, 1.54) is 11.1 Å². The predicted molar refractivity (Wildman–Crippen MR) is 86.6 cm³/mol. The largest absolute Gasteiger partial charge is 0.497 e. The Hall–Kier alpha value is -2.20. The molecule has 0 unspecified atom stereocenters. The van der Waals surface area contributed by atoms with Crippen LogP contribution in [0, 0.1) is 6.92 Å². The first-order valence-corrected chi connectivity index (χ1v) is 7.33. The van der Waals surface area contributed by atoms with Gasteiger partial charge in [0.15, 0.2) is 0 Å². The zero-order chi connectivity index (χ0) is 15.9. The second-order valence-electron chi connectivity index (χ2n) is 5.22. The molecule has 0 aliphatic rings. The predicted octanol–water partition coefficient (Wildman–Crippen LogP) is 2.28. The number of quaternary nitrogens is 1. The van der Waals surface area contributed by atoms with E-state index in [0.29, 0.717) is 0 Å². The average molecular weight is 302 g/mol. The third kappa shape index (κ3) is 4.15. The van der Waals surface area contributed by atoms with Gasteiger partial charge in [-0.1, -0.05) is 0 Å². The molecule has 2 rings (SSSR count). The van der Waals surface area contributed by atoms with Gasteiger partial charge in [0.2, 0.25) is 0 Å². The maximum absolute atomic E-state index is 5.30. The number of hydrogen-bond acceptors (Lipinski definition) is 3. The van der Waals surface area contributed by atoms with Crippen LogP contribution < -0.4 is 19.5 Å². The summed E-state index contributed by atoms with van der Waals surface area (Å²) >= 11 is 0. The fourth-order valence-electron chi connectivity index (χ4n) is 2.46. The number of ether oxygens (including phenoxy) is 3.